The van der Waals surface area contributed by atoms with Crippen molar-refractivity contribution in [2.75, 3.05) is 0 Å². The van der Waals surface area contributed by atoms with E-state index in [-0.39, 0.29) is 12.1 Å². The first kappa shape index (κ1) is 9.53. The zero-order valence-corrected chi connectivity index (χ0v) is 8.08. The number of nitrogens with zero attached hydrogens (tertiary/aromatic N) is 1. The minimum atomic E-state index is -0.562. The molecule has 4 heteroatoms. The summed E-state index contributed by atoms with van der Waals surface area (Å²) in [6.45, 7) is 1.74. The van der Waals surface area contributed by atoms with E-state index in [1.165, 1.54) is 10.6 Å². The van der Waals surface area contributed by atoms with Crippen LogP contribution >= 0.6 is 0 Å². The van der Waals surface area contributed by atoms with Crippen molar-refractivity contribution in [3.63, 3.8) is 0 Å². The molecule has 0 bridgehead atoms. The summed E-state index contributed by atoms with van der Waals surface area (Å²) in [5, 5.41) is 0. The smallest absolute Gasteiger partial charge is 0.408 e. The Morgan fingerprint density at radius 3 is 3.00 bits per heavy atom. The molecule has 0 fully saturated rings. The Kier molecular flexibility index (Phi) is 2.09. The zero-order valence-electron chi connectivity index (χ0n) is 8.08. The predicted octanol–water partition coefficient (Wildman–Crippen LogP) is 1.68. The third-order valence-electron chi connectivity index (χ3n) is 2.20. The Morgan fingerprint density at radius 1 is 1.60 bits per heavy atom. The highest BCUT2D eigenvalue weighted by Crippen LogP contribution is 2.17. The van der Waals surface area contributed by atoms with Crippen molar-refractivity contribution < 1.29 is 8.81 Å². The van der Waals surface area contributed by atoms with Crippen molar-refractivity contribution in [3.8, 4) is 12.3 Å². The van der Waals surface area contributed by atoms with E-state index in [1.54, 1.807) is 13.0 Å². The van der Waals surface area contributed by atoms with Gasteiger partial charge in [-0.05, 0) is 18.6 Å². The first-order valence-corrected chi connectivity index (χ1v) is 4.36. The molecular formula is C11H8FNO2. The first-order chi connectivity index (χ1) is 7.13. The average molecular weight is 205 g/mol. The van der Waals surface area contributed by atoms with Gasteiger partial charge in [0.25, 0.3) is 0 Å². The molecule has 0 aliphatic rings. The topological polar surface area (TPSA) is 35.1 Å². The van der Waals surface area contributed by atoms with Crippen molar-refractivity contribution in [2.45, 2.75) is 13.5 Å². The molecule has 1 aromatic carbocycles. The lowest BCUT2D eigenvalue weighted by Crippen LogP contribution is -2.12. The number of benzene rings is 1. The molecule has 0 spiro atoms. The molecule has 0 N–H and O–H groups in total. The molecule has 76 valence electrons. The summed E-state index contributed by atoms with van der Waals surface area (Å²) in [7, 11) is 0. The van der Waals surface area contributed by atoms with Crippen molar-refractivity contribution in [1.29, 1.82) is 0 Å². The predicted molar refractivity (Wildman–Crippen MR) is 54.0 cm³/mol. The van der Waals surface area contributed by atoms with Crippen LogP contribution in [0.5, 0.6) is 0 Å². The van der Waals surface area contributed by atoms with E-state index in [2.05, 4.69) is 5.92 Å². The third kappa shape index (κ3) is 1.42. The Hall–Kier alpha value is -2.02. The Balaban J connectivity index is 2.83. The van der Waals surface area contributed by atoms with Gasteiger partial charge in [0.2, 0.25) is 0 Å². The van der Waals surface area contributed by atoms with Gasteiger partial charge in [-0.3, -0.25) is 4.57 Å². The van der Waals surface area contributed by atoms with Gasteiger partial charge in [0.15, 0.2) is 5.58 Å². The number of rotatable bonds is 1. The monoisotopic (exact) mass is 205 g/mol. The van der Waals surface area contributed by atoms with E-state index >= 15 is 0 Å². The number of hydrogen-bond acceptors (Lipinski definition) is 2. The molecule has 2 aromatic rings. The van der Waals surface area contributed by atoms with Gasteiger partial charge in [0.05, 0.1) is 12.1 Å². The number of aromatic nitrogens is 1. The second-order valence-corrected chi connectivity index (χ2v) is 3.23. The molecule has 1 heterocycles. The number of aryl methyl sites for hydroxylation is 1. The Morgan fingerprint density at radius 2 is 2.33 bits per heavy atom. The van der Waals surface area contributed by atoms with Crippen LogP contribution in [0.3, 0.4) is 0 Å². The molecule has 0 saturated heterocycles. The highest BCUT2D eigenvalue weighted by Gasteiger charge is 2.10. The minimum absolute atomic E-state index is 0.122. The number of fused-ring (bicyclic) bond motifs is 1. The van der Waals surface area contributed by atoms with E-state index < -0.39 is 11.6 Å². The lowest BCUT2D eigenvalue weighted by molar-refractivity contribution is 0.519. The van der Waals surface area contributed by atoms with E-state index in [4.69, 9.17) is 10.8 Å². The molecule has 15 heavy (non-hydrogen) atoms. The van der Waals surface area contributed by atoms with Crippen molar-refractivity contribution in [1.82, 2.24) is 4.57 Å². The maximum Gasteiger partial charge on any atom is 0.420 e. The van der Waals surface area contributed by atoms with Crippen LogP contribution in [0, 0.1) is 25.1 Å². The second-order valence-electron chi connectivity index (χ2n) is 3.23. The van der Waals surface area contributed by atoms with Crippen molar-refractivity contribution in [3.05, 3.63) is 34.1 Å². The molecule has 0 atom stereocenters. The van der Waals surface area contributed by atoms with Gasteiger partial charge < -0.3 is 4.42 Å². The van der Waals surface area contributed by atoms with Gasteiger partial charge in [-0.2, -0.15) is 0 Å². The fraction of sp³-hybridized carbons (Fsp3) is 0.182. The van der Waals surface area contributed by atoms with Gasteiger partial charge in [-0.1, -0.05) is 5.92 Å². The summed E-state index contributed by atoms with van der Waals surface area (Å²) in [4.78, 5) is 11.3. The second kappa shape index (κ2) is 3.28. The summed E-state index contributed by atoms with van der Waals surface area (Å²) in [6, 6.07) is 2.74. The van der Waals surface area contributed by atoms with E-state index in [0.717, 1.165) is 0 Å². The van der Waals surface area contributed by atoms with Gasteiger partial charge in [-0.25, -0.2) is 9.18 Å². The number of halogens is 1. The molecule has 0 unspecified atom stereocenters. The van der Waals surface area contributed by atoms with Crippen LogP contribution in [0.15, 0.2) is 21.3 Å². The highest BCUT2D eigenvalue weighted by molar-refractivity contribution is 5.74. The molecular weight excluding hydrogens is 197 g/mol. The highest BCUT2D eigenvalue weighted by atomic mass is 19.1. The first-order valence-electron chi connectivity index (χ1n) is 4.36. The summed E-state index contributed by atoms with van der Waals surface area (Å²) >= 11 is 0. The number of hydrogen-bond donors (Lipinski definition) is 0. The van der Waals surface area contributed by atoms with Crippen LogP contribution in [-0.4, -0.2) is 4.57 Å². The van der Waals surface area contributed by atoms with Crippen LogP contribution in [0.1, 0.15) is 5.56 Å². The Bertz CT molecular complexity index is 616. The average Bonchev–Trinajstić information content (AvgIpc) is 2.46. The number of terminal acetylenes is 1. The van der Waals surface area contributed by atoms with Crippen LogP contribution in [0.2, 0.25) is 0 Å². The fourth-order valence-corrected chi connectivity index (χ4v) is 1.43. The van der Waals surface area contributed by atoms with Crippen LogP contribution < -0.4 is 5.76 Å². The number of oxazole rings is 1. The van der Waals surface area contributed by atoms with Crippen LogP contribution in [0.25, 0.3) is 11.1 Å². The molecule has 1 aromatic heterocycles. The largest absolute Gasteiger partial charge is 0.420 e. The zero-order chi connectivity index (χ0) is 11.0. The molecule has 0 amide bonds. The van der Waals surface area contributed by atoms with Crippen molar-refractivity contribution in [2.24, 2.45) is 0 Å². The molecule has 0 aliphatic heterocycles. The lowest BCUT2D eigenvalue weighted by atomic mass is 10.2. The quantitative estimate of drug-likeness (QED) is 0.664. The SMILES string of the molecule is C#CCn1c(=O)oc2cc(F)c(C)cc21. The molecule has 0 radical (unpaired) electrons. The minimum Gasteiger partial charge on any atom is -0.408 e. The molecule has 2 rings (SSSR count). The van der Waals surface area contributed by atoms with Crippen LogP contribution in [0.4, 0.5) is 4.39 Å². The standard InChI is InChI=1S/C11H8FNO2/c1-3-4-13-9-5-7(2)8(12)6-10(9)15-11(13)14/h1,5-6H,4H2,2H3. The lowest BCUT2D eigenvalue weighted by Gasteiger charge is -1.97. The third-order valence-corrected chi connectivity index (χ3v) is 2.20. The van der Waals surface area contributed by atoms with E-state index in [1.807, 2.05) is 0 Å². The van der Waals surface area contributed by atoms with Gasteiger partial charge in [0, 0.05) is 6.07 Å². The fourth-order valence-electron chi connectivity index (χ4n) is 1.43. The van der Waals surface area contributed by atoms with E-state index in [9.17, 15) is 9.18 Å². The summed E-state index contributed by atoms with van der Waals surface area (Å²) in [5.74, 6) is 1.39. The normalized spacial score (nSPS) is 10.5. The molecule has 0 saturated carbocycles. The molecule has 0 aliphatic carbocycles. The summed E-state index contributed by atoms with van der Waals surface area (Å²) < 4.78 is 19.3. The Labute approximate surface area is 85.1 Å². The summed E-state index contributed by atoms with van der Waals surface area (Å²) in [6.07, 6.45) is 5.12. The van der Waals surface area contributed by atoms with Crippen molar-refractivity contribution >= 4 is 11.1 Å². The maximum absolute atomic E-state index is 13.2. The van der Waals surface area contributed by atoms with E-state index in [0.29, 0.717) is 11.1 Å². The maximum atomic E-state index is 13.2. The van der Waals surface area contributed by atoms with Crippen LogP contribution in [-0.2, 0) is 6.54 Å². The van der Waals surface area contributed by atoms with Gasteiger partial charge in [-0.15, -0.1) is 6.42 Å². The summed E-state index contributed by atoms with van der Waals surface area (Å²) in [5.41, 5.74) is 1.20. The van der Waals surface area contributed by atoms with Gasteiger partial charge in [0.1, 0.15) is 5.82 Å². The molecule has 3 nitrogen and oxygen atoms in total. The van der Waals surface area contributed by atoms with Gasteiger partial charge >= 0.3 is 5.76 Å².